The van der Waals surface area contributed by atoms with E-state index in [-0.39, 0.29) is 5.82 Å². The largest absolute Gasteiger partial charge is 0.384 e. The lowest BCUT2D eigenvalue weighted by molar-refractivity contribution is 0.625. The highest BCUT2D eigenvalue weighted by molar-refractivity contribution is 6.30. The van der Waals surface area contributed by atoms with E-state index in [1.807, 2.05) is 19.1 Å². The summed E-state index contributed by atoms with van der Waals surface area (Å²) in [4.78, 5) is 0. The maximum absolute atomic E-state index is 13.2. The molecule has 106 valence electrons. The number of hydrogen-bond donors (Lipinski definition) is 1. The topological polar surface area (TPSA) is 43.8 Å². The van der Waals surface area contributed by atoms with Gasteiger partial charge in [0, 0.05) is 16.7 Å². The number of aromatic nitrogens is 2. The van der Waals surface area contributed by atoms with Crippen LogP contribution in [0.3, 0.4) is 0 Å². The molecule has 21 heavy (non-hydrogen) atoms. The molecule has 0 bridgehead atoms. The standard InChI is InChI=1S/C16H13ClFN3/c1-10-8-13(18)6-7-15(10)21-16(19)9-14(20-21)11-2-4-12(17)5-3-11/h2-9H,19H2,1H3. The van der Waals surface area contributed by atoms with Gasteiger partial charge in [0.2, 0.25) is 0 Å². The summed E-state index contributed by atoms with van der Waals surface area (Å²) in [7, 11) is 0. The summed E-state index contributed by atoms with van der Waals surface area (Å²) < 4.78 is 14.8. The molecule has 2 aromatic carbocycles. The Morgan fingerprint density at radius 3 is 2.48 bits per heavy atom. The van der Waals surface area contributed by atoms with Gasteiger partial charge in [-0.1, -0.05) is 23.7 Å². The molecule has 0 aliphatic carbocycles. The Morgan fingerprint density at radius 2 is 1.81 bits per heavy atom. The monoisotopic (exact) mass is 301 g/mol. The predicted octanol–water partition coefficient (Wildman–Crippen LogP) is 4.22. The number of nitrogens with zero attached hydrogens (tertiary/aromatic N) is 2. The van der Waals surface area contributed by atoms with Gasteiger partial charge in [0.05, 0.1) is 11.4 Å². The lowest BCUT2D eigenvalue weighted by Crippen LogP contribution is -2.03. The molecular formula is C16H13ClFN3. The van der Waals surface area contributed by atoms with E-state index in [0.717, 1.165) is 22.5 Å². The quantitative estimate of drug-likeness (QED) is 0.770. The summed E-state index contributed by atoms with van der Waals surface area (Å²) in [5.41, 5.74) is 9.22. The Kier molecular flexibility index (Phi) is 3.39. The van der Waals surface area contributed by atoms with E-state index in [9.17, 15) is 4.39 Å². The van der Waals surface area contributed by atoms with Crippen LogP contribution in [-0.4, -0.2) is 9.78 Å². The van der Waals surface area contributed by atoms with Gasteiger partial charge in [-0.2, -0.15) is 5.10 Å². The summed E-state index contributed by atoms with van der Waals surface area (Å²) >= 11 is 5.88. The lowest BCUT2D eigenvalue weighted by Gasteiger charge is -2.07. The fourth-order valence-corrected chi connectivity index (χ4v) is 2.33. The predicted molar refractivity (Wildman–Crippen MR) is 83.1 cm³/mol. The minimum absolute atomic E-state index is 0.278. The molecule has 0 amide bonds. The first-order chi connectivity index (χ1) is 10.0. The van der Waals surface area contributed by atoms with Crippen molar-refractivity contribution in [3.05, 3.63) is 64.9 Å². The molecule has 0 saturated carbocycles. The van der Waals surface area contributed by atoms with Gasteiger partial charge in [-0.05, 0) is 42.8 Å². The van der Waals surface area contributed by atoms with Crippen molar-refractivity contribution >= 4 is 17.4 Å². The molecule has 3 aromatic rings. The fourth-order valence-electron chi connectivity index (χ4n) is 2.21. The van der Waals surface area contributed by atoms with Crippen LogP contribution in [0.25, 0.3) is 16.9 Å². The van der Waals surface area contributed by atoms with Crippen molar-refractivity contribution in [1.29, 1.82) is 0 Å². The van der Waals surface area contributed by atoms with Gasteiger partial charge >= 0.3 is 0 Å². The number of rotatable bonds is 2. The van der Waals surface area contributed by atoms with Gasteiger partial charge in [0.25, 0.3) is 0 Å². The molecule has 2 N–H and O–H groups in total. The van der Waals surface area contributed by atoms with Crippen molar-refractivity contribution < 1.29 is 4.39 Å². The van der Waals surface area contributed by atoms with Crippen molar-refractivity contribution in [2.24, 2.45) is 0 Å². The highest BCUT2D eigenvalue weighted by Crippen LogP contribution is 2.25. The second kappa shape index (κ2) is 5.22. The summed E-state index contributed by atoms with van der Waals surface area (Å²) in [6.45, 7) is 1.82. The van der Waals surface area contributed by atoms with E-state index >= 15 is 0 Å². The Balaban J connectivity index is 2.07. The Labute approximate surface area is 126 Å². The van der Waals surface area contributed by atoms with Crippen molar-refractivity contribution in [3.63, 3.8) is 0 Å². The first-order valence-corrected chi connectivity index (χ1v) is 6.80. The van der Waals surface area contributed by atoms with Crippen molar-refractivity contribution in [2.45, 2.75) is 6.92 Å². The first-order valence-electron chi connectivity index (χ1n) is 6.42. The minimum atomic E-state index is -0.278. The molecule has 0 atom stereocenters. The number of benzene rings is 2. The van der Waals surface area contributed by atoms with Crippen LogP contribution in [-0.2, 0) is 0 Å². The summed E-state index contributed by atoms with van der Waals surface area (Å²) in [5.74, 6) is 0.217. The third-order valence-corrected chi connectivity index (χ3v) is 3.52. The van der Waals surface area contributed by atoms with Gasteiger partial charge in [0.1, 0.15) is 11.6 Å². The van der Waals surface area contributed by atoms with Crippen LogP contribution in [0.2, 0.25) is 5.02 Å². The number of nitrogens with two attached hydrogens (primary N) is 1. The van der Waals surface area contributed by atoms with Crippen LogP contribution in [0.4, 0.5) is 10.2 Å². The van der Waals surface area contributed by atoms with Gasteiger partial charge in [-0.15, -0.1) is 0 Å². The van der Waals surface area contributed by atoms with E-state index in [2.05, 4.69) is 5.10 Å². The molecule has 3 nitrogen and oxygen atoms in total. The van der Waals surface area contributed by atoms with E-state index in [4.69, 9.17) is 17.3 Å². The average molecular weight is 302 g/mol. The van der Waals surface area contributed by atoms with Crippen molar-refractivity contribution in [2.75, 3.05) is 5.73 Å². The molecule has 5 heteroatoms. The zero-order chi connectivity index (χ0) is 15.0. The molecule has 1 heterocycles. The third kappa shape index (κ3) is 2.62. The molecule has 0 aliphatic rings. The smallest absolute Gasteiger partial charge is 0.127 e. The van der Waals surface area contributed by atoms with Gasteiger partial charge in [-0.3, -0.25) is 0 Å². The number of anilines is 1. The number of aryl methyl sites for hydroxylation is 1. The SMILES string of the molecule is Cc1cc(F)ccc1-n1nc(-c2ccc(Cl)cc2)cc1N. The van der Waals surface area contributed by atoms with Crippen LogP contribution in [0.1, 0.15) is 5.56 Å². The van der Waals surface area contributed by atoms with Crippen LogP contribution >= 0.6 is 11.6 Å². The molecule has 0 radical (unpaired) electrons. The molecule has 0 spiro atoms. The van der Waals surface area contributed by atoms with Crippen LogP contribution in [0, 0.1) is 12.7 Å². The molecular weight excluding hydrogens is 289 g/mol. The van der Waals surface area contributed by atoms with Gasteiger partial charge in [0.15, 0.2) is 0 Å². The van der Waals surface area contributed by atoms with Gasteiger partial charge in [-0.25, -0.2) is 9.07 Å². The van der Waals surface area contributed by atoms with Gasteiger partial charge < -0.3 is 5.73 Å². The molecule has 0 unspecified atom stereocenters. The summed E-state index contributed by atoms with van der Waals surface area (Å²) in [6, 6.07) is 13.7. The Bertz CT molecular complexity index is 794. The number of halogens is 2. The maximum Gasteiger partial charge on any atom is 0.127 e. The molecule has 0 saturated heterocycles. The molecule has 0 aliphatic heterocycles. The molecule has 0 fully saturated rings. The van der Waals surface area contributed by atoms with E-state index in [1.54, 1.807) is 28.9 Å². The zero-order valence-electron chi connectivity index (χ0n) is 11.3. The van der Waals surface area contributed by atoms with Crippen LogP contribution < -0.4 is 5.73 Å². The zero-order valence-corrected chi connectivity index (χ0v) is 12.1. The van der Waals surface area contributed by atoms with Crippen molar-refractivity contribution in [3.8, 4) is 16.9 Å². The fraction of sp³-hybridized carbons (Fsp3) is 0.0625. The Morgan fingerprint density at radius 1 is 1.10 bits per heavy atom. The minimum Gasteiger partial charge on any atom is -0.384 e. The van der Waals surface area contributed by atoms with E-state index in [0.29, 0.717) is 10.8 Å². The van der Waals surface area contributed by atoms with E-state index < -0.39 is 0 Å². The second-order valence-electron chi connectivity index (χ2n) is 4.80. The molecule has 1 aromatic heterocycles. The van der Waals surface area contributed by atoms with Crippen LogP contribution in [0.15, 0.2) is 48.5 Å². The van der Waals surface area contributed by atoms with Crippen molar-refractivity contribution in [1.82, 2.24) is 9.78 Å². The summed E-state index contributed by atoms with van der Waals surface area (Å²) in [5, 5.41) is 5.16. The van der Waals surface area contributed by atoms with Crippen LogP contribution in [0.5, 0.6) is 0 Å². The Hall–Kier alpha value is -2.33. The number of nitrogen functional groups attached to an aromatic ring is 1. The number of hydrogen-bond acceptors (Lipinski definition) is 2. The highest BCUT2D eigenvalue weighted by atomic mass is 35.5. The average Bonchev–Trinajstić information content (AvgIpc) is 2.81. The first kappa shape index (κ1) is 13.6. The highest BCUT2D eigenvalue weighted by Gasteiger charge is 2.11. The normalized spacial score (nSPS) is 10.8. The van der Waals surface area contributed by atoms with E-state index in [1.165, 1.54) is 12.1 Å². The maximum atomic E-state index is 13.2. The second-order valence-corrected chi connectivity index (χ2v) is 5.24. The molecule has 3 rings (SSSR count). The lowest BCUT2D eigenvalue weighted by atomic mass is 10.1. The summed E-state index contributed by atoms with van der Waals surface area (Å²) in [6.07, 6.45) is 0. The third-order valence-electron chi connectivity index (χ3n) is 3.26.